The van der Waals surface area contributed by atoms with Crippen LogP contribution in [0, 0.1) is 23.7 Å². The number of aromatic nitrogens is 2. The van der Waals surface area contributed by atoms with E-state index in [1.807, 2.05) is 24.6 Å². The van der Waals surface area contributed by atoms with Gasteiger partial charge in [-0.2, -0.15) is 10.4 Å². The van der Waals surface area contributed by atoms with Crippen LogP contribution in [0.25, 0.3) is 0 Å². The Labute approximate surface area is 107 Å². The summed E-state index contributed by atoms with van der Waals surface area (Å²) in [6.45, 7) is 8.20. The highest BCUT2D eigenvalue weighted by Crippen LogP contribution is 2.24. The van der Waals surface area contributed by atoms with Gasteiger partial charge in [-0.1, -0.05) is 0 Å². The number of hydrogen-bond acceptors (Lipinski definition) is 4. The minimum Gasteiger partial charge on any atom is -0.465 e. The van der Waals surface area contributed by atoms with E-state index in [-0.39, 0.29) is 6.61 Å². The van der Waals surface area contributed by atoms with Crippen LogP contribution >= 0.6 is 0 Å². The molecule has 0 aliphatic heterocycles. The predicted molar refractivity (Wildman–Crippen MR) is 66.7 cm³/mol. The predicted octanol–water partition coefficient (Wildman–Crippen LogP) is 1.85. The van der Waals surface area contributed by atoms with Gasteiger partial charge in [0.25, 0.3) is 0 Å². The third kappa shape index (κ3) is 2.89. The van der Waals surface area contributed by atoms with Crippen LogP contribution in [0.5, 0.6) is 0 Å². The van der Waals surface area contributed by atoms with E-state index in [1.165, 1.54) is 0 Å². The molecule has 98 valence electrons. The molecule has 0 N–H and O–H groups in total. The molecule has 5 heteroatoms. The largest absolute Gasteiger partial charge is 0.465 e. The lowest BCUT2D eigenvalue weighted by molar-refractivity contribution is -0.151. The highest BCUT2D eigenvalue weighted by Gasteiger charge is 2.36. The maximum atomic E-state index is 11.8. The number of ether oxygens (including phenoxy) is 1. The molecule has 0 aliphatic rings. The standard InChI is InChI=1S/C13H19N3O2/c1-5-16-11(7-10(3)15-16)8-13(4,9-14)12(17)18-6-2/h7H,5-6,8H2,1-4H3. The Hall–Kier alpha value is -1.83. The molecule has 1 aromatic rings. The summed E-state index contributed by atoms with van der Waals surface area (Å²) >= 11 is 0. The van der Waals surface area contributed by atoms with Crippen molar-refractivity contribution in [2.24, 2.45) is 5.41 Å². The van der Waals surface area contributed by atoms with Gasteiger partial charge >= 0.3 is 5.97 Å². The average Bonchev–Trinajstić information content (AvgIpc) is 2.69. The summed E-state index contributed by atoms with van der Waals surface area (Å²) in [6, 6.07) is 3.96. The number of carbonyl (C=O) groups is 1. The summed E-state index contributed by atoms with van der Waals surface area (Å²) in [4.78, 5) is 11.8. The van der Waals surface area contributed by atoms with E-state index in [1.54, 1.807) is 13.8 Å². The molecule has 0 fully saturated rings. The molecule has 0 saturated carbocycles. The first kappa shape index (κ1) is 14.2. The molecule has 5 nitrogen and oxygen atoms in total. The average molecular weight is 249 g/mol. The van der Waals surface area contributed by atoms with E-state index < -0.39 is 11.4 Å². The van der Waals surface area contributed by atoms with Gasteiger partial charge in [-0.05, 0) is 33.8 Å². The maximum absolute atomic E-state index is 11.8. The Morgan fingerprint density at radius 2 is 2.28 bits per heavy atom. The zero-order chi connectivity index (χ0) is 13.8. The molecule has 0 aliphatic carbocycles. The second-order valence-electron chi connectivity index (χ2n) is 4.43. The molecule has 1 unspecified atom stereocenters. The molecular weight excluding hydrogens is 230 g/mol. The Morgan fingerprint density at radius 3 is 2.78 bits per heavy atom. The maximum Gasteiger partial charge on any atom is 0.326 e. The van der Waals surface area contributed by atoms with E-state index >= 15 is 0 Å². The Kier molecular flexibility index (Phi) is 4.49. The Bertz CT molecular complexity index is 473. The Morgan fingerprint density at radius 1 is 1.61 bits per heavy atom. The first-order valence-electron chi connectivity index (χ1n) is 6.08. The lowest BCUT2D eigenvalue weighted by Crippen LogP contribution is -2.31. The van der Waals surface area contributed by atoms with E-state index in [0.29, 0.717) is 13.0 Å². The van der Waals surface area contributed by atoms with Crippen LogP contribution in [-0.2, 0) is 22.5 Å². The number of hydrogen-bond donors (Lipinski definition) is 0. The first-order chi connectivity index (χ1) is 8.46. The fourth-order valence-electron chi connectivity index (χ4n) is 1.83. The van der Waals surface area contributed by atoms with Crippen molar-refractivity contribution in [1.29, 1.82) is 5.26 Å². The van der Waals surface area contributed by atoms with Gasteiger partial charge in [0.05, 0.1) is 18.4 Å². The van der Waals surface area contributed by atoms with E-state index in [4.69, 9.17) is 4.74 Å². The zero-order valence-electron chi connectivity index (χ0n) is 11.4. The lowest BCUT2D eigenvalue weighted by Gasteiger charge is -2.19. The minimum absolute atomic E-state index is 0.280. The molecule has 0 bridgehead atoms. The quantitative estimate of drug-likeness (QED) is 0.747. The number of nitriles is 1. The minimum atomic E-state index is -1.16. The van der Waals surface area contributed by atoms with Gasteiger partial charge < -0.3 is 4.74 Å². The third-order valence-corrected chi connectivity index (χ3v) is 2.79. The summed E-state index contributed by atoms with van der Waals surface area (Å²) in [5, 5.41) is 13.5. The summed E-state index contributed by atoms with van der Waals surface area (Å²) in [7, 11) is 0. The van der Waals surface area contributed by atoms with Gasteiger partial charge in [0, 0.05) is 18.7 Å². The zero-order valence-corrected chi connectivity index (χ0v) is 11.4. The molecule has 18 heavy (non-hydrogen) atoms. The molecular formula is C13H19N3O2. The lowest BCUT2D eigenvalue weighted by atomic mass is 9.87. The first-order valence-corrected chi connectivity index (χ1v) is 6.08. The second kappa shape index (κ2) is 5.67. The summed E-state index contributed by atoms with van der Waals surface area (Å²) in [5.74, 6) is -0.478. The highest BCUT2D eigenvalue weighted by atomic mass is 16.5. The van der Waals surface area contributed by atoms with Crippen LogP contribution < -0.4 is 0 Å². The van der Waals surface area contributed by atoms with E-state index in [2.05, 4.69) is 11.2 Å². The summed E-state index contributed by atoms with van der Waals surface area (Å²) < 4.78 is 6.77. The van der Waals surface area contributed by atoms with Crippen LogP contribution in [0.3, 0.4) is 0 Å². The van der Waals surface area contributed by atoms with Gasteiger partial charge in [0.2, 0.25) is 0 Å². The van der Waals surface area contributed by atoms with Crippen LogP contribution in [0.1, 0.15) is 32.2 Å². The molecule has 0 saturated heterocycles. The van der Waals surface area contributed by atoms with Gasteiger partial charge in [0.1, 0.15) is 0 Å². The second-order valence-corrected chi connectivity index (χ2v) is 4.43. The summed E-state index contributed by atoms with van der Waals surface area (Å²) in [6.07, 6.45) is 0.316. The van der Waals surface area contributed by atoms with Crippen molar-refractivity contribution < 1.29 is 9.53 Å². The summed E-state index contributed by atoms with van der Waals surface area (Å²) in [5.41, 5.74) is 0.609. The van der Waals surface area contributed by atoms with Crippen LogP contribution in [0.2, 0.25) is 0 Å². The molecule has 1 atom stereocenters. The third-order valence-electron chi connectivity index (χ3n) is 2.79. The van der Waals surface area contributed by atoms with Crippen molar-refractivity contribution in [2.75, 3.05) is 6.61 Å². The van der Waals surface area contributed by atoms with Crippen molar-refractivity contribution in [3.05, 3.63) is 17.5 Å². The number of carbonyl (C=O) groups excluding carboxylic acids is 1. The molecule has 0 aromatic carbocycles. The normalized spacial score (nSPS) is 13.7. The van der Waals surface area contributed by atoms with E-state index in [9.17, 15) is 10.1 Å². The van der Waals surface area contributed by atoms with Crippen molar-refractivity contribution in [3.63, 3.8) is 0 Å². The topological polar surface area (TPSA) is 67.9 Å². The Balaban J connectivity index is 2.98. The molecule has 1 rings (SSSR count). The van der Waals surface area contributed by atoms with Gasteiger partial charge in [-0.3, -0.25) is 9.48 Å². The van der Waals surface area contributed by atoms with Gasteiger partial charge in [-0.25, -0.2) is 0 Å². The molecule has 1 aromatic heterocycles. The van der Waals surface area contributed by atoms with Crippen molar-refractivity contribution in [2.45, 2.75) is 40.7 Å². The number of rotatable bonds is 5. The number of aryl methyl sites for hydroxylation is 2. The SMILES string of the molecule is CCOC(=O)C(C)(C#N)Cc1cc(C)nn1CC. The monoisotopic (exact) mass is 249 g/mol. The van der Waals surface area contributed by atoms with Crippen molar-refractivity contribution in [3.8, 4) is 6.07 Å². The number of nitrogens with zero attached hydrogens (tertiary/aromatic N) is 3. The fraction of sp³-hybridized carbons (Fsp3) is 0.615. The number of esters is 1. The smallest absolute Gasteiger partial charge is 0.326 e. The van der Waals surface area contributed by atoms with Crippen molar-refractivity contribution in [1.82, 2.24) is 9.78 Å². The molecule has 0 spiro atoms. The van der Waals surface area contributed by atoms with Crippen LogP contribution in [0.4, 0.5) is 0 Å². The van der Waals surface area contributed by atoms with Gasteiger partial charge in [0.15, 0.2) is 5.41 Å². The van der Waals surface area contributed by atoms with Crippen LogP contribution in [0.15, 0.2) is 6.07 Å². The molecule has 0 amide bonds. The highest BCUT2D eigenvalue weighted by molar-refractivity contribution is 5.79. The van der Waals surface area contributed by atoms with Gasteiger partial charge in [-0.15, -0.1) is 0 Å². The molecule has 0 radical (unpaired) electrons. The van der Waals surface area contributed by atoms with E-state index in [0.717, 1.165) is 11.4 Å². The van der Waals surface area contributed by atoms with Crippen LogP contribution in [-0.4, -0.2) is 22.4 Å². The fourth-order valence-corrected chi connectivity index (χ4v) is 1.83. The van der Waals surface area contributed by atoms with Crippen molar-refractivity contribution >= 4 is 5.97 Å². The molecule has 1 heterocycles.